The Bertz CT molecular complexity index is 2320. The molecule has 0 saturated heterocycles. The minimum Gasteiger partial charge on any atom is -0.507 e. The average Bonchev–Trinajstić information content (AvgIpc) is 3.22. The number of benzene rings is 3. The summed E-state index contributed by atoms with van der Waals surface area (Å²) in [6, 6.07) is 9.79. The number of carbonyl (C=O) groups excluding carboxylic acids is 5. The van der Waals surface area contributed by atoms with Crippen molar-refractivity contribution in [2.24, 2.45) is 11.5 Å². The lowest BCUT2D eigenvalue weighted by molar-refractivity contribution is -0.145. The molecule has 0 spiro atoms. The maximum Gasteiger partial charge on any atom is 0.328 e. The van der Waals surface area contributed by atoms with Crippen LogP contribution in [0.5, 0.6) is 17.2 Å². The summed E-state index contributed by atoms with van der Waals surface area (Å²) in [5.41, 5.74) is 15.1. The molecule has 0 saturated carbocycles. The van der Waals surface area contributed by atoms with Crippen molar-refractivity contribution in [2.45, 2.75) is 84.0 Å². The number of methoxy groups -OCH3 is 1. The summed E-state index contributed by atoms with van der Waals surface area (Å²) in [7, 11) is 2.51. The average molecular weight is 853 g/mol. The number of nitrogens with one attached hydrogen (secondary N) is 3. The zero-order chi connectivity index (χ0) is 45.6. The molecule has 1 aliphatic rings. The molecule has 62 heavy (non-hydrogen) atoms. The molecule has 4 aromatic rings. The van der Waals surface area contributed by atoms with Crippen molar-refractivity contribution >= 4 is 29.6 Å². The van der Waals surface area contributed by atoms with Gasteiger partial charge in [-0.15, -0.1) is 0 Å². The van der Waals surface area contributed by atoms with Crippen LogP contribution in [0.3, 0.4) is 0 Å². The molecule has 5 rings (SSSR count). The molecule has 3 aromatic carbocycles. The van der Waals surface area contributed by atoms with E-state index in [1.807, 2.05) is 24.3 Å². The maximum atomic E-state index is 14.5. The molecular weight excluding hydrogens is 797 g/mol. The Hall–Kier alpha value is -6.59. The van der Waals surface area contributed by atoms with Gasteiger partial charge < -0.3 is 52.0 Å². The Labute approximate surface area is 360 Å². The predicted octanol–water partition coefficient (Wildman–Crippen LogP) is 2.84. The van der Waals surface area contributed by atoms with E-state index in [0.29, 0.717) is 22.8 Å². The van der Waals surface area contributed by atoms with E-state index in [-0.39, 0.29) is 77.5 Å². The quantitative estimate of drug-likeness (QED) is 0.107. The van der Waals surface area contributed by atoms with Crippen LogP contribution in [0.4, 0.5) is 0 Å². The minimum atomic E-state index is -1.48. The lowest BCUT2D eigenvalue weighted by Crippen LogP contribution is -2.55. The number of rotatable bonds is 11. The van der Waals surface area contributed by atoms with E-state index in [2.05, 4.69) is 46.7 Å². The second kappa shape index (κ2) is 19.4. The van der Waals surface area contributed by atoms with Crippen LogP contribution in [-0.4, -0.2) is 107 Å². The van der Waals surface area contributed by atoms with E-state index in [0.717, 1.165) is 23.1 Å². The van der Waals surface area contributed by atoms with Gasteiger partial charge in [-0.3, -0.25) is 19.2 Å². The molecule has 4 bridgehead atoms. The molecule has 0 unspecified atom stereocenters. The van der Waals surface area contributed by atoms with Crippen molar-refractivity contribution < 1.29 is 43.7 Å². The zero-order valence-electron chi connectivity index (χ0n) is 36.3. The fourth-order valence-corrected chi connectivity index (χ4v) is 7.30. The molecule has 1 aliphatic heterocycles. The second-order valence-electron chi connectivity index (χ2n) is 16.3. The molecule has 330 valence electrons. The number of phenolic OH excluding ortho intramolecular Hbond substituents is 2. The van der Waals surface area contributed by atoms with Gasteiger partial charge in [0.25, 0.3) is 5.91 Å². The Morgan fingerprint density at radius 1 is 0.935 bits per heavy atom. The third-order valence-electron chi connectivity index (χ3n) is 10.7. The van der Waals surface area contributed by atoms with E-state index in [4.69, 9.17) is 20.9 Å². The summed E-state index contributed by atoms with van der Waals surface area (Å²) in [6.45, 7) is 11.2. The number of fused-ring (bicyclic) bond motifs is 5. The monoisotopic (exact) mass is 852 g/mol. The summed E-state index contributed by atoms with van der Waals surface area (Å²) in [5.74, 6) is -3.96. The first-order chi connectivity index (χ1) is 29.3. The van der Waals surface area contributed by atoms with Crippen LogP contribution in [0.1, 0.15) is 78.6 Å². The number of ether oxygens (including phenoxy) is 2. The predicted molar refractivity (Wildman–Crippen MR) is 231 cm³/mol. The van der Waals surface area contributed by atoms with Gasteiger partial charge in [0.05, 0.1) is 24.1 Å². The third-order valence-corrected chi connectivity index (χ3v) is 10.7. The van der Waals surface area contributed by atoms with Crippen molar-refractivity contribution in [3.05, 3.63) is 88.2 Å². The Morgan fingerprint density at radius 2 is 1.60 bits per heavy atom. The maximum absolute atomic E-state index is 14.5. The van der Waals surface area contributed by atoms with Gasteiger partial charge in [0, 0.05) is 36.7 Å². The van der Waals surface area contributed by atoms with Gasteiger partial charge in [0.15, 0.2) is 17.3 Å². The highest BCUT2D eigenvalue weighted by Gasteiger charge is 2.36. The highest BCUT2D eigenvalue weighted by Crippen LogP contribution is 2.43. The van der Waals surface area contributed by atoms with Gasteiger partial charge in [-0.05, 0) is 80.1 Å². The molecule has 0 radical (unpaired) electrons. The van der Waals surface area contributed by atoms with Crippen LogP contribution in [0.25, 0.3) is 22.5 Å². The summed E-state index contributed by atoms with van der Waals surface area (Å²) in [6.07, 6.45) is -0.151. The third kappa shape index (κ3) is 10.3. The molecular formula is C45H56N8O9. The molecule has 9 N–H and O–H groups in total. The molecule has 0 aliphatic carbocycles. The van der Waals surface area contributed by atoms with Crippen molar-refractivity contribution in [1.82, 2.24) is 30.8 Å². The zero-order valence-corrected chi connectivity index (χ0v) is 36.3. The molecule has 2 heterocycles. The van der Waals surface area contributed by atoms with Gasteiger partial charge in [-0.25, -0.2) is 14.8 Å². The molecule has 1 aromatic heterocycles. The number of nitrogens with zero attached hydrogens (tertiary/aromatic N) is 3. The van der Waals surface area contributed by atoms with E-state index in [1.54, 1.807) is 13.8 Å². The summed E-state index contributed by atoms with van der Waals surface area (Å²) in [4.78, 5) is 79.7. The lowest BCUT2D eigenvalue weighted by atomic mass is 9.86. The minimum absolute atomic E-state index is 0.0104. The van der Waals surface area contributed by atoms with Crippen LogP contribution in [0, 0.1) is 13.8 Å². The van der Waals surface area contributed by atoms with Gasteiger partial charge >= 0.3 is 5.97 Å². The summed E-state index contributed by atoms with van der Waals surface area (Å²) < 4.78 is 10.7. The van der Waals surface area contributed by atoms with Gasteiger partial charge in [-0.2, -0.15) is 0 Å². The highest BCUT2D eigenvalue weighted by molar-refractivity contribution is 6.00. The van der Waals surface area contributed by atoms with Gasteiger partial charge in [-0.1, -0.05) is 51.1 Å². The van der Waals surface area contributed by atoms with Crippen molar-refractivity contribution in [3.8, 4) is 39.8 Å². The van der Waals surface area contributed by atoms with Gasteiger partial charge in [0.1, 0.15) is 36.5 Å². The van der Waals surface area contributed by atoms with Gasteiger partial charge in [0.2, 0.25) is 17.7 Å². The molecule has 17 nitrogen and oxygen atoms in total. The van der Waals surface area contributed by atoms with Crippen molar-refractivity contribution in [1.29, 1.82) is 0 Å². The Morgan fingerprint density at radius 3 is 2.19 bits per heavy atom. The number of amides is 4. The number of esters is 1. The topological polar surface area (TPSA) is 261 Å². The Balaban J connectivity index is 1.54. The SMILES string of the molecule is COC(=O)[C@@H]1Cc2cc(OCCN)c(O)c(c2)-c2cc(ccc2O)[C@H](N(C)C(=O)[C@@H](CCN)NC(=O)c2c(C)nc(-c3ccc(C(C)(C)C)cc3)nc2C)C(=O)N[C@H](C)C(=O)N1. The largest absolute Gasteiger partial charge is 0.507 e. The number of aryl methyl sites for hydroxylation is 2. The van der Waals surface area contributed by atoms with Crippen LogP contribution in [-0.2, 0) is 35.8 Å². The van der Waals surface area contributed by atoms with Crippen LogP contribution >= 0.6 is 0 Å². The van der Waals surface area contributed by atoms with E-state index < -0.39 is 53.8 Å². The first-order valence-electron chi connectivity index (χ1n) is 20.2. The number of hydrogen-bond acceptors (Lipinski definition) is 13. The first-order valence-corrected chi connectivity index (χ1v) is 20.2. The first kappa shape index (κ1) is 46.5. The fourth-order valence-electron chi connectivity index (χ4n) is 7.30. The van der Waals surface area contributed by atoms with Crippen molar-refractivity contribution in [2.75, 3.05) is 33.9 Å². The van der Waals surface area contributed by atoms with Crippen molar-refractivity contribution in [3.63, 3.8) is 0 Å². The van der Waals surface area contributed by atoms with Crippen LogP contribution < -0.4 is 32.2 Å². The number of carbonyl (C=O) groups is 5. The van der Waals surface area contributed by atoms with E-state index in [1.165, 1.54) is 44.3 Å². The van der Waals surface area contributed by atoms with E-state index in [9.17, 15) is 34.2 Å². The standard InChI is InChI=1S/C45H56N8O9/c1-23-36(24(2)49-39(48-23)27-9-12-29(13-10-27)45(4,5)6)41(57)51-32(15-16-46)43(59)53(7)37-28-11-14-34(54)30(22-28)31-19-26(21-35(38(31)55)62-18-17-47)20-33(44(60)61-8)52-40(56)25(3)50-42(37)58/h9-14,19,21-22,25,32-33,37,54-55H,15-18,20,46-47H2,1-8H3,(H,50,58)(H,51,57)(H,52,56)/t25-,32-,33+,37+/m1/s1. The molecule has 0 fully saturated rings. The second-order valence-corrected chi connectivity index (χ2v) is 16.3. The Kier molecular flexibility index (Phi) is 14.6. The normalized spacial score (nSPS) is 17.2. The smallest absolute Gasteiger partial charge is 0.328 e. The molecule has 4 atom stereocenters. The number of hydrogen-bond donors (Lipinski definition) is 7. The number of nitrogens with two attached hydrogens (primary N) is 2. The summed E-state index contributed by atoms with van der Waals surface area (Å²) in [5, 5.41) is 30.7. The van der Waals surface area contributed by atoms with Crippen LogP contribution in [0.15, 0.2) is 54.6 Å². The number of aromatic hydroxyl groups is 2. The van der Waals surface area contributed by atoms with Crippen LogP contribution in [0.2, 0.25) is 0 Å². The van der Waals surface area contributed by atoms with E-state index >= 15 is 0 Å². The highest BCUT2D eigenvalue weighted by atomic mass is 16.5. The molecule has 4 amide bonds. The summed E-state index contributed by atoms with van der Waals surface area (Å²) >= 11 is 0. The fraction of sp³-hybridized carbons (Fsp3) is 0.400. The number of likely N-dealkylation sites (N-methyl/N-ethyl adjacent to an activating group) is 1. The lowest BCUT2D eigenvalue weighted by Gasteiger charge is -2.32. The number of aromatic nitrogens is 2. The number of phenols is 2. The molecule has 17 heteroatoms.